The van der Waals surface area contributed by atoms with Crippen molar-refractivity contribution >= 4 is 5.95 Å². The molecule has 0 bridgehead atoms. The lowest BCUT2D eigenvalue weighted by molar-refractivity contribution is 0.281. The monoisotopic (exact) mass is 207 g/mol. The molecule has 1 saturated heterocycles. The second kappa shape index (κ2) is 4.14. The molecule has 4 nitrogen and oxygen atoms in total. The van der Waals surface area contributed by atoms with E-state index in [1.807, 2.05) is 0 Å². The van der Waals surface area contributed by atoms with Gasteiger partial charge in [0.25, 0.3) is 0 Å². The SMILES string of the molecule is CC1CC(C)N(c2ncc(CO)cn2)C1. The molecular formula is C11H17N3O. The second-order valence-electron chi connectivity index (χ2n) is 4.39. The van der Waals surface area contributed by atoms with Gasteiger partial charge in [-0.1, -0.05) is 6.92 Å². The first kappa shape index (κ1) is 10.4. The molecule has 82 valence electrons. The van der Waals surface area contributed by atoms with Crippen LogP contribution in [0.1, 0.15) is 25.8 Å². The van der Waals surface area contributed by atoms with Gasteiger partial charge in [-0.3, -0.25) is 0 Å². The van der Waals surface area contributed by atoms with Crippen molar-refractivity contribution in [2.45, 2.75) is 32.9 Å². The highest BCUT2D eigenvalue weighted by atomic mass is 16.3. The zero-order valence-corrected chi connectivity index (χ0v) is 9.22. The lowest BCUT2D eigenvalue weighted by Gasteiger charge is -2.21. The molecule has 0 aliphatic carbocycles. The molecule has 2 unspecified atom stereocenters. The third kappa shape index (κ3) is 2.09. The summed E-state index contributed by atoms with van der Waals surface area (Å²) in [5.74, 6) is 1.49. The summed E-state index contributed by atoms with van der Waals surface area (Å²) in [4.78, 5) is 10.8. The van der Waals surface area contributed by atoms with E-state index in [0.717, 1.165) is 18.1 Å². The maximum absolute atomic E-state index is 8.89. The molecular weight excluding hydrogens is 190 g/mol. The smallest absolute Gasteiger partial charge is 0.225 e. The molecule has 0 saturated carbocycles. The normalized spacial score (nSPS) is 25.9. The molecule has 0 aromatic carbocycles. The topological polar surface area (TPSA) is 49.2 Å². The Morgan fingerprint density at radius 3 is 2.53 bits per heavy atom. The first-order valence-electron chi connectivity index (χ1n) is 5.39. The number of aliphatic hydroxyl groups is 1. The van der Waals surface area contributed by atoms with Crippen LogP contribution in [0.2, 0.25) is 0 Å². The fourth-order valence-electron chi connectivity index (χ4n) is 2.16. The van der Waals surface area contributed by atoms with Crippen LogP contribution in [-0.2, 0) is 6.61 Å². The molecule has 15 heavy (non-hydrogen) atoms. The summed E-state index contributed by atoms with van der Waals surface area (Å²) >= 11 is 0. The Balaban J connectivity index is 2.15. The van der Waals surface area contributed by atoms with E-state index >= 15 is 0 Å². The molecule has 1 aliphatic heterocycles. The fraction of sp³-hybridized carbons (Fsp3) is 0.636. The Hall–Kier alpha value is -1.16. The van der Waals surface area contributed by atoms with Crippen molar-refractivity contribution in [1.82, 2.24) is 9.97 Å². The van der Waals surface area contributed by atoms with Gasteiger partial charge >= 0.3 is 0 Å². The molecule has 1 aromatic rings. The van der Waals surface area contributed by atoms with E-state index < -0.39 is 0 Å². The highest BCUT2D eigenvalue weighted by Gasteiger charge is 2.27. The van der Waals surface area contributed by atoms with E-state index in [1.165, 1.54) is 6.42 Å². The number of anilines is 1. The van der Waals surface area contributed by atoms with Crippen LogP contribution in [0.15, 0.2) is 12.4 Å². The summed E-state index contributed by atoms with van der Waals surface area (Å²) in [7, 11) is 0. The maximum Gasteiger partial charge on any atom is 0.225 e. The largest absolute Gasteiger partial charge is 0.392 e. The second-order valence-corrected chi connectivity index (χ2v) is 4.39. The lowest BCUT2D eigenvalue weighted by atomic mass is 10.1. The summed E-state index contributed by atoms with van der Waals surface area (Å²) in [5, 5.41) is 8.89. The first-order chi connectivity index (χ1) is 7.20. The number of aliphatic hydroxyl groups excluding tert-OH is 1. The number of rotatable bonds is 2. The van der Waals surface area contributed by atoms with Crippen LogP contribution >= 0.6 is 0 Å². The van der Waals surface area contributed by atoms with Crippen molar-refractivity contribution in [3.05, 3.63) is 18.0 Å². The Bertz CT molecular complexity index is 325. The zero-order chi connectivity index (χ0) is 10.8. The lowest BCUT2D eigenvalue weighted by Crippen LogP contribution is -2.28. The van der Waals surface area contributed by atoms with Gasteiger partial charge in [0.2, 0.25) is 5.95 Å². The first-order valence-corrected chi connectivity index (χ1v) is 5.39. The van der Waals surface area contributed by atoms with Crippen LogP contribution in [0.5, 0.6) is 0 Å². The summed E-state index contributed by atoms with van der Waals surface area (Å²) in [5.41, 5.74) is 0.763. The minimum atomic E-state index is 0.00619. The number of hydrogen-bond donors (Lipinski definition) is 1. The van der Waals surface area contributed by atoms with Gasteiger partial charge < -0.3 is 10.0 Å². The minimum Gasteiger partial charge on any atom is -0.392 e. The molecule has 2 rings (SSSR count). The number of hydrogen-bond acceptors (Lipinski definition) is 4. The van der Waals surface area contributed by atoms with Gasteiger partial charge in [0.15, 0.2) is 0 Å². The van der Waals surface area contributed by atoms with E-state index in [-0.39, 0.29) is 6.61 Å². The van der Waals surface area contributed by atoms with Gasteiger partial charge in [-0.15, -0.1) is 0 Å². The molecule has 4 heteroatoms. The van der Waals surface area contributed by atoms with E-state index in [2.05, 4.69) is 28.7 Å². The van der Waals surface area contributed by atoms with Crippen molar-refractivity contribution in [3.8, 4) is 0 Å². The van der Waals surface area contributed by atoms with Gasteiger partial charge in [0, 0.05) is 30.5 Å². The molecule has 2 heterocycles. The third-order valence-electron chi connectivity index (χ3n) is 2.92. The Morgan fingerprint density at radius 2 is 2.07 bits per heavy atom. The predicted molar refractivity (Wildman–Crippen MR) is 58.5 cm³/mol. The van der Waals surface area contributed by atoms with E-state index in [4.69, 9.17) is 5.11 Å². The molecule has 0 spiro atoms. The molecule has 2 atom stereocenters. The van der Waals surface area contributed by atoms with E-state index in [9.17, 15) is 0 Å². The van der Waals surface area contributed by atoms with Crippen molar-refractivity contribution < 1.29 is 5.11 Å². The zero-order valence-electron chi connectivity index (χ0n) is 9.22. The van der Waals surface area contributed by atoms with Gasteiger partial charge in [-0.2, -0.15) is 0 Å². The van der Waals surface area contributed by atoms with E-state index in [0.29, 0.717) is 12.0 Å². The van der Waals surface area contributed by atoms with Crippen LogP contribution in [0.25, 0.3) is 0 Å². The number of aromatic nitrogens is 2. The average molecular weight is 207 g/mol. The van der Waals surface area contributed by atoms with Crippen molar-refractivity contribution in [1.29, 1.82) is 0 Å². The molecule has 0 amide bonds. The van der Waals surface area contributed by atoms with Crippen molar-refractivity contribution in [2.24, 2.45) is 5.92 Å². The van der Waals surface area contributed by atoms with Crippen molar-refractivity contribution in [3.63, 3.8) is 0 Å². The minimum absolute atomic E-state index is 0.00619. The summed E-state index contributed by atoms with van der Waals surface area (Å²) in [6, 6.07) is 0.514. The summed E-state index contributed by atoms with van der Waals surface area (Å²) < 4.78 is 0. The van der Waals surface area contributed by atoms with Crippen LogP contribution < -0.4 is 4.90 Å². The fourth-order valence-corrected chi connectivity index (χ4v) is 2.16. The molecule has 1 aliphatic rings. The predicted octanol–water partition coefficient (Wildman–Crippen LogP) is 1.20. The molecule has 0 radical (unpaired) electrons. The van der Waals surface area contributed by atoms with Crippen LogP contribution in [0.3, 0.4) is 0 Å². The Labute approximate surface area is 90.0 Å². The highest BCUT2D eigenvalue weighted by molar-refractivity contribution is 5.33. The van der Waals surface area contributed by atoms with E-state index in [1.54, 1.807) is 12.4 Å². The van der Waals surface area contributed by atoms with Crippen LogP contribution in [0, 0.1) is 5.92 Å². The van der Waals surface area contributed by atoms with Gasteiger partial charge in [0.05, 0.1) is 6.61 Å². The molecule has 1 N–H and O–H groups in total. The number of nitrogens with zero attached hydrogens (tertiary/aromatic N) is 3. The van der Waals surface area contributed by atoms with Crippen LogP contribution in [-0.4, -0.2) is 27.7 Å². The standard InChI is InChI=1S/C11H17N3O/c1-8-3-9(2)14(6-8)11-12-4-10(7-15)5-13-11/h4-5,8-9,15H,3,6-7H2,1-2H3. The van der Waals surface area contributed by atoms with Gasteiger partial charge in [-0.25, -0.2) is 9.97 Å². The molecule has 1 fully saturated rings. The van der Waals surface area contributed by atoms with Gasteiger partial charge in [0.1, 0.15) is 0 Å². The molecule has 1 aromatic heterocycles. The Morgan fingerprint density at radius 1 is 1.40 bits per heavy atom. The summed E-state index contributed by atoms with van der Waals surface area (Å²) in [6.45, 7) is 5.48. The maximum atomic E-state index is 8.89. The summed E-state index contributed by atoms with van der Waals surface area (Å²) in [6.07, 6.45) is 4.58. The quantitative estimate of drug-likeness (QED) is 0.791. The van der Waals surface area contributed by atoms with Gasteiger partial charge in [-0.05, 0) is 19.3 Å². The Kier molecular flexibility index (Phi) is 2.86. The van der Waals surface area contributed by atoms with Crippen molar-refractivity contribution in [2.75, 3.05) is 11.4 Å². The highest BCUT2D eigenvalue weighted by Crippen LogP contribution is 2.25. The average Bonchev–Trinajstić information content (AvgIpc) is 2.58. The van der Waals surface area contributed by atoms with Crippen LogP contribution in [0.4, 0.5) is 5.95 Å². The third-order valence-corrected chi connectivity index (χ3v) is 2.92.